The van der Waals surface area contributed by atoms with Gasteiger partial charge in [-0.15, -0.1) is 0 Å². The Kier molecular flexibility index (Phi) is 3.45. The number of benzene rings is 1. The van der Waals surface area contributed by atoms with Gasteiger partial charge in [-0.05, 0) is 60.1 Å². The normalized spacial score (nSPS) is 25.5. The van der Waals surface area contributed by atoms with Gasteiger partial charge in [0, 0.05) is 9.26 Å². The van der Waals surface area contributed by atoms with Crippen molar-refractivity contribution in [2.24, 2.45) is 0 Å². The Labute approximate surface area is 102 Å². The van der Waals surface area contributed by atoms with E-state index in [2.05, 4.69) is 27.9 Å². The summed E-state index contributed by atoms with van der Waals surface area (Å²) in [5, 5.41) is 12.9. The van der Waals surface area contributed by atoms with Gasteiger partial charge in [0.2, 0.25) is 0 Å². The van der Waals surface area contributed by atoms with Crippen LogP contribution in [0.4, 0.5) is 10.1 Å². The van der Waals surface area contributed by atoms with Crippen molar-refractivity contribution >= 4 is 28.3 Å². The van der Waals surface area contributed by atoms with Crippen molar-refractivity contribution in [3.63, 3.8) is 0 Å². The second-order valence-corrected chi connectivity index (χ2v) is 5.04. The molecule has 1 aliphatic carbocycles. The highest BCUT2D eigenvalue weighted by atomic mass is 127. The van der Waals surface area contributed by atoms with Crippen LogP contribution in [0.15, 0.2) is 18.2 Å². The zero-order valence-corrected chi connectivity index (χ0v) is 10.4. The van der Waals surface area contributed by atoms with Gasteiger partial charge in [-0.2, -0.15) is 0 Å². The maximum atomic E-state index is 12.9. The summed E-state index contributed by atoms with van der Waals surface area (Å²) in [6.07, 6.45) is 2.62. The predicted octanol–water partition coefficient (Wildman–Crippen LogP) is 2.76. The van der Waals surface area contributed by atoms with Crippen LogP contribution in [0.2, 0.25) is 0 Å². The van der Waals surface area contributed by atoms with Crippen molar-refractivity contribution in [1.82, 2.24) is 0 Å². The maximum Gasteiger partial charge on any atom is 0.124 e. The number of halogens is 2. The molecule has 2 unspecified atom stereocenters. The molecule has 2 atom stereocenters. The van der Waals surface area contributed by atoms with E-state index in [1.54, 1.807) is 6.07 Å². The average Bonchev–Trinajstić information content (AvgIpc) is 2.57. The molecule has 0 bridgehead atoms. The van der Waals surface area contributed by atoms with Crippen LogP contribution < -0.4 is 5.32 Å². The molecular formula is C11H13FINO. The van der Waals surface area contributed by atoms with Gasteiger partial charge in [0.25, 0.3) is 0 Å². The van der Waals surface area contributed by atoms with Gasteiger partial charge in [0.15, 0.2) is 0 Å². The van der Waals surface area contributed by atoms with Crippen molar-refractivity contribution in [3.05, 3.63) is 27.6 Å². The maximum absolute atomic E-state index is 12.9. The van der Waals surface area contributed by atoms with E-state index in [1.165, 1.54) is 12.1 Å². The minimum Gasteiger partial charge on any atom is -0.391 e. The third-order valence-corrected chi connectivity index (χ3v) is 3.64. The van der Waals surface area contributed by atoms with E-state index in [0.717, 1.165) is 28.5 Å². The van der Waals surface area contributed by atoms with Crippen LogP contribution in [0.25, 0.3) is 0 Å². The van der Waals surface area contributed by atoms with E-state index in [1.807, 2.05) is 0 Å². The Balaban J connectivity index is 2.10. The van der Waals surface area contributed by atoms with Crippen molar-refractivity contribution in [1.29, 1.82) is 0 Å². The first kappa shape index (κ1) is 11.1. The van der Waals surface area contributed by atoms with E-state index in [9.17, 15) is 9.50 Å². The minimum absolute atomic E-state index is 0.115. The molecule has 15 heavy (non-hydrogen) atoms. The number of rotatable bonds is 2. The van der Waals surface area contributed by atoms with Crippen LogP contribution >= 0.6 is 22.6 Å². The van der Waals surface area contributed by atoms with E-state index in [-0.39, 0.29) is 18.0 Å². The lowest BCUT2D eigenvalue weighted by Gasteiger charge is -2.18. The standard InChI is InChI=1S/C11H13FINO/c12-7-4-5-9(8(13)6-7)14-10-2-1-3-11(10)15/h4-6,10-11,14-15H,1-3H2. The molecule has 2 nitrogen and oxygen atoms in total. The summed E-state index contributed by atoms with van der Waals surface area (Å²) in [4.78, 5) is 0. The Morgan fingerprint density at radius 1 is 1.40 bits per heavy atom. The van der Waals surface area contributed by atoms with Gasteiger partial charge < -0.3 is 10.4 Å². The highest BCUT2D eigenvalue weighted by molar-refractivity contribution is 14.1. The van der Waals surface area contributed by atoms with Crippen LogP contribution in [-0.4, -0.2) is 17.3 Å². The monoisotopic (exact) mass is 321 g/mol. The van der Waals surface area contributed by atoms with Gasteiger partial charge >= 0.3 is 0 Å². The SMILES string of the molecule is OC1CCCC1Nc1ccc(F)cc1I. The van der Waals surface area contributed by atoms with Crippen molar-refractivity contribution in [2.75, 3.05) is 5.32 Å². The molecule has 4 heteroatoms. The summed E-state index contributed by atoms with van der Waals surface area (Å²) in [5.74, 6) is -0.225. The zero-order chi connectivity index (χ0) is 10.8. The van der Waals surface area contributed by atoms with E-state index < -0.39 is 0 Å². The molecule has 0 aliphatic heterocycles. The van der Waals surface area contributed by atoms with Gasteiger partial charge in [-0.25, -0.2) is 4.39 Å². The Morgan fingerprint density at radius 3 is 2.80 bits per heavy atom. The van der Waals surface area contributed by atoms with Crippen LogP contribution in [0.3, 0.4) is 0 Å². The third-order valence-electron chi connectivity index (χ3n) is 2.75. The van der Waals surface area contributed by atoms with Gasteiger partial charge in [0.05, 0.1) is 12.1 Å². The zero-order valence-electron chi connectivity index (χ0n) is 8.21. The molecule has 1 aromatic carbocycles. The first-order chi connectivity index (χ1) is 7.16. The van der Waals surface area contributed by atoms with Gasteiger partial charge in [-0.3, -0.25) is 0 Å². The topological polar surface area (TPSA) is 32.3 Å². The molecule has 2 N–H and O–H groups in total. The van der Waals surface area contributed by atoms with Crippen LogP contribution in [-0.2, 0) is 0 Å². The molecule has 0 spiro atoms. The Bertz CT molecular complexity index is 358. The van der Waals surface area contributed by atoms with Crippen LogP contribution in [0, 0.1) is 9.39 Å². The first-order valence-electron chi connectivity index (χ1n) is 5.06. The van der Waals surface area contributed by atoms with E-state index in [4.69, 9.17) is 0 Å². The van der Waals surface area contributed by atoms with Crippen molar-refractivity contribution in [2.45, 2.75) is 31.4 Å². The highest BCUT2D eigenvalue weighted by Gasteiger charge is 2.25. The molecular weight excluding hydrogens is 308 g/mol. The highest BCUT2D eigenvalue weighted by Crippen LogP contribution is 2.26. The summed E-state index contributed by atoms with van der Waals surface area (Å²) in [6, 6.07) is 4.77. The smallest absolute Gasteiger partial charge is 0.124 e. The van der Waals surface area contributed by atoms with Crippen molar-refractivity contribution < 1.29 is 9.50 Å². The number of hydrogen-bond acceptors (Lipinski definition) is 2. The number of nitrogens with one attached hydrogen (secondary N) is 1. The summed E-state index contributed by atoms with van der Waals surface area (Å²) in [7, 11) is 0. The third kappa shape index (κ3) is 2.60. The quantitative estimate of drug-likeness (QED) is 0.821. The molecule has 0 saturated heterocycles. The molecule has 1 aromatic rings. The molecule has 1 aliphatic rings. The molecule has 0 aromatic heterocycles. The lowest BCUT2D eigenvalue weighted by atomic mass is 10.2. The molecule has 82 valence electrons. The Morgan fingerprint density at radius 2 is 2.20 bits per heavy atom. The molecule has 0 radical (unpaired) electrons. The summed E-state index contributed by atoms with van der Waals surface area (Å²) >= 11 is 2.10. The minimum atomic E-state index is -0.272. The van der Waals surface area contributed by atoms with E-state index >= 15 is 0 Å². The number of anilines is 1. The fourth-order valence-electron chi connectivity index (χ4n) is 1.92. The molecule has 0 heterocycles. The fourth-order valence-corrected chi connectivity index (χ4v) is 2.55. The van der Waals surface area contributed by atoms with Crippen LogP contribution in [0.5, 0.6) is 0 Å². The van der Waals surface area contributed by atoms with Crippen molar-refractivity contribution in [3.8, 4) is 0 Å². The predicted molar refractivity (Wildman–Crippen MR) is 66.4 cm³/mol. The Hall–Kier alpha value is -0.360. The lowest BCUT2D eigenvalue weighted by molar-refractivity contribution is 0.172. The van der Waals surface area contributed by atoms with Gasteiger partial charge in [0.1, 0.15) is 5.82 Å². The number of hydrogen-bond donors (Lipinski definition) is 2. The number of aliphatic hydroxyl groups excluding tert-OH is 1. The lowest BCUT2D eigenvalue weighted by Crippen LogP contribution is -2.28. The second-order valence-electron chi connectivity index (χ2n) is 3.87. The summed E-state index contributed by atoms with van der Waals surface area (Å²) in [6.45, 7) is 0. The average molecular weight is 321 g/mol. The van der Waals surface area contributed by atoms with E-state index in [0.29, 0.717) is 0 Å². The largest absolute Gasteiger partial charge is 0.391 e. The van der Waals surface area contributed by atoms with Crippen LogP contribution in [0.1, 0.15) is 19.3 Å². The molecule has 0 amide bonds. The number of aliphatic hydroxyl groups is 1. The fraction of sp³-hybridized carbons (Fsp3) is 0.455. The summed E-state index contributed by atoms with van der Waals surface area (Å²) < 4.78 is 13.7. The molecule has 2 rings (SSSR count). The first-order valence-corrected chi connectivity index (χ1v) is 6.14. The molecule has 1 saturated carbocycles. The summed E-state index contributed by atoms with van der Waals surface area (Å²) in [5.41, 5.74) is 0.906. The van der Waals surface area contributed by atoms with Gasteiger partial charge in [-0.1, -0.05) is 0 Å². The second kappa shape index (κ2) is 4.65. The molecule has 1 fully saturated rings.